The molecule has 0 spiro atoms. The summed E-state index contributed by atoms with van der Waals surface area (Å²) in [5.41, 5.74) is 4.52. The van der Waals surface area contributed by atoms with Gasteiger partial charge in [0.1, 0.15) is 5.44 Å². The van der Waals surface area contributed by atoms with Gasteiger partial charge in [0.15, 0.2) is 5.78 Å². The molecule has 2 heterocycles. The van der Waals surface area contributed by atoms with Crippen molar-refractivity contribution >= 4 is 28.4 Å². The Balaban J connectivity index is 1.52. The molecular weight excluding hydrogens is 390 g/mol. The minimum Gasteiger partial charge on any atom is -0.370 e. The fourth-order valence-electron chi connectivity index (χ4n) is 4.01. The van der Waals surface area contributed by atoms with Crippen molar-refractivity contribution in [3.63, 3.8) is 0 Å². The lowest BCUT2D eigenvalue weighted by atomic mass is 9.90. The number of Topliss-reactive ketones (excluding diaryl/α,β-unsaturated/α-hetero) is 1. The molecule has 4 heteroatoms. The molecule has 0 fully saturated rings. The van der Waals surface area contributed by atoms with E-state index in [0.29, 0.717) is 6.42 Å². The van der Waals surface area contributed by atoms with Gasteiger partial charge in [-0.2, -0.15) is 0 Å². The second-order valence-corrected chi connectivity index (χ2v) is 8.62. The number of benzene rings is 3. The van der Waals surface area contributed by atoms with Crippen molar-refractivity contribution in [1.82, 2.24) is 4.98 Å². The van der Waals surface area contributed by atoms with Crippen molar-refractivity contribution in [1.29, 1.82) is 0 Å². The van der Waals surface area contributed by atoms with Gasteiger partial charge in [-0.3, -0.25) is 4.79 Å². The first-order chi connectivity index (χ1) is 14.7. The summed E-state index contributed by atoms with van der Waals surface area (Å²) in [6.45, 7) is 0. The van der Waals surface area contributed by atoms with E-state index in [1.54, 1.807) is 18.9 Å². The van der Waals surface area contributed by atoms with Gasteiger partial charge in [0.25, 0.3) is 0 Å². The summed E-state index contributed by atoms with van der Waals surface area (Å²) in [7, 11) is 1.68. The average Bonchev–Trinajstić information content (AvgIpc) is 2.81. The lowest BCUT2D eigenvalue weighted by Crippen LogP contribution is -2.33. The average molecular weight is 412 g/mol. The number of hydrogen-bond acceptors (Lipinski definition) is 4. The normalized spacial score (nSPS) is 18.4. The number of rotatable bonds is 4. The van der Waals surface area contributed by atoms with Crippen LogP contribution in [0.2, 0.25) is 0 Å². The van der Waals surface area contributed by atoms with Crippen molar-refractivity contribution < 1.29 is 9.53 Å². The Labute approximate surface area is 180 Å². The topological polar surface area (TPSA) is 39.2 Å². The molecular formula is C26H21NO2S. The van der Waals surface area contributed by atoms with Crippen LogP contribution >= 0.6 is 11.8 Å². The van der Waals surface area contributed by atoms with Crippen molar-refractivity contribution in [3.05, 3.63) is 96.1 Å². The third-order valence-electron chi connectivity index (χ3n) is 5.58. The maximum atomic E-state index is 13.5. The number of fused-ring (bicyclic) bond motifs is 2. The summed E-state index contributed by atoms with van der Waals surface area (Å²) in [6, 6.07) is 28.4. The Morgan fingerprint density at radius 1 is 0.933 bits per heavy atom. The predicted octanol–water partition coefficient (Wildman–Crippen LogP) is 6.02. The first-order valence-electron chi connectivity index (χ1n) is 10.0. The number of para-hydroxylation sites is 1. The number of methoxy groups -OCH3 is 1. The van der Waals surface area contributed by atoms with Crippen LogP contribution in [0.3, 0.4) is 0 Å². The second kappa shape index (κ2) is 8.05. The van der Waals surface area contributed by atoms with E-state index in [4.69, 9.17) is 9.72 Å². The highest BCUT2D eigenvalue weighted by Gasteiger charge is 2.36. The van der Waals surface area contributed by atoms with E-state index in [9.17, 15) is 4.79 Å². The number of carbonyl (C=O) groups excluding carboxylic acids is 1. The number of aromatic nitrogens is 1. The lowest BCUT2D eigenvalue weighted by Gasteiger charge is -2.30. The summed E-state index contributed by atoms with van der Waals surface area (Å²) in [6.07, 6.45) is 0.670. The second-order valence-electron chi connectivity index (χ2n) is 7.48. The molecule has 1 aromatic heterocycles. The highest BCUT2D eigenvalue weighted by atomic mass is 32.2. The van der Waals surface area contributed by atoms with Gasteiger partial charge in [-0.25, -0.2) is 4.98 Å². The Kier molecular flexibility index (Phi) is 5.11. The smallest absolute Gasteiger partial charge is 0.170 e. The Hall–Kier alpha value is -2.95. The fraction of sp³-hybridized carbons (Fsp3) is 0.154. The largest absolute Gasteiger partial charge is 0.370 e. The molecule has 0 radical (unpaired) electrons. The zero-order chi connectivity index (χ0) is 20.5. The Bertz CT molecular complexity index is 1220. The van der Waals surface area contributed by atoms with E-state index < -0.39 is 0 Å². The van der Waals surface area contributed by atoms with E-state index >= 15 is 0 Å². The summed E-state index contributed by atoms with van der Waals surface area (Å²) in [5.74, 6) is -0.0724. The van der Waals surface area contributed by atoms with Gasteiger partial charge in [-0.1, -0.05) is 72.4 Å². The SMILES string of the molecule is COC1Sc2ccc(-c3ccc4ccccc4n3)cc2C(=O)C1Cc1ccccc1. The van der Waals surface area contributed by atoms with Gasteiger partial charge in [0, 0.05) is 28.5 Å². The number of ether oxygens (including phenoxy) is 1. The number of pyridine rings is 1. The monoisotopic (exact) mass is 411 g/mol. The van der Waals surface area contributed by atoms with E-state index in [1.807, 2.05) is 60.7 Å². The van der Waals surface area contributed by atoms with E-state index in [-0.39, 0.29) is 17.1 Å². The summed E-state index contributed by atoms with van der Waals surface area (Å²) in [5, 5.41) is 1.11. The summed E-state index contributed by atoms with van der Waals surface area (Å²) >= 11 is 1.63. The van der Waals surface area contributed by atoms with Gasteiger partial charge in [0.05, 0.1) is 17.1 Å². The van der Waals surface area contributed by atoms with Crippen LogP contribution < -0.4 is 0 Å². The van der Waals surface area contributed by atoms with Crippen LogP contribution in [-0.4, -0.2) is 23.3 Å². The maximum Gasteiger partial charge on any atom is 0.170 e. The summed E-state index contributed by atoms with van der Waals surface area (Å²) < 4.78 is 5.70. The molecule has 0 saturated heterocycles. The van der Waals surface area contributed by atoms with Crippen molar-refractivity contribution in [2.24, 2.45) is 5.92 Å². The Morgan fingerprint density at radius 3 is 2.57 bits per heavy atom. The number of ketones is 1. The molecule has 1 aliphatic heterocycles. The van der Waals surface area contributed by atoms with Gasteiger partial charge < -0.3 is 4.74 Å². The molecule has 1 aliphatic rings. The van der Waals surface area contributed by atoms with Crippen LogP contribution in [0.15, 0.2) is 89.8 Å². The zero-order valence-corrected chi connectivity index (χ0v) is 17.4. The van der Waals surface area contributed by atoms with Crippen molar-refractivity contribution in [3.8, 4) is 11.3 Å². The first-order valence-corrected chi connectivity index (χ1v) is 10.9. The quantitative estimate of drug-likeness (QED) is 0.411. The first kappa shape index (κ1) is 19.0. The number of carbonyl (C=O) groups is 1. The van der Waals surface area contributed by atoms with Crippen LogP contribution in [0.25, 0.3) is 22.2 Å². The molecule has 0 N–H and O–H groups in total. The molecule has 0 amide bonds. The van der Waals surface area contributed by atoms with Crippen LogP contribution in [-0.2, 0) is 11.2 Å². The molecule has 4 aromatic rings. The fourth-order valence-corrected chi connectivity index (χ4v) is 5.18. The van der Waals surface area contributed by atoms with E-state index in [0.717, 1.165) is 38.2 Å². The summed E-state index contributed by atoms with van der Waals surface area (Å²) in [4.78, 5) is 19.2. The zero-order valence-electron chi connectivity index (χ0n) is 16.6. The van der Waals surface area contributed by atoms with Crippen LogP contribution in [0, 0.1) is 5.92 Å². The number of hydrogen-bond donors (Lipinski definition) is 0. The van der Waals surface area contributed by atoms with Gasteiger partial charge >= 0.3 is 0 Å². The molecule has 3 aromatic carbocycles. The molecule has 3 nitrogen and oxygen atoms in total. The molecule has 0 bridgehead atoms. The van der Waals surface area contributed by atoms with Crippen LogP contribution in [0.5, 0.6) is 0 Å². The highest BCUT2D eigenvalue weighted by Crippen LogP contribution is 2.41. The lowest BCUT2D eigenvalue weighted by molar-refractivity contribution is 0.0727. The third kappa shape index (κ3) is 3.53. The Morgan fingerprint density at radius 2 is 1.73 bits per heavy atom. The molecule has 2 atom stereocenters. The molecule has 30 heavy (non-hydrogen) atoms. The van der Waals surface area contributed by atoms with Gasteiger partial charge in [-0.05, 0) is 36.2 Å². The molecule has 2 unspecified atom stereocenters. The standard InChI is InChI=1S/C26H21NO2S/c1-29-26-21(15-17-7-3-2-4-8-17)25(28)20-16-19(12-14-24(20)30-26)23-13-11-18-9-5-6-10-22(18)27-23/h2-14,16,21,26H,15H2,1H3. The number of nitrogens with zero attached hydrogens (tertiary/aromatic N) is 1. The minimum absolute atomic E-state index is 0.141. The minimum atomic E-state index is -0.213. The predicted molar refractivity (Wildman–Crippen MR) is 122 cm³/mol. The van der Waals surface area contributed by atoms with E-state index in [1.165, 1.54) is 0 Å². The maximum absolute atomic E-state index is 13.5. The van der Waals surface area contributed by atoms with Gasteiger partial charge in [-0.15, -0.1) is 0 Å². The van der Waals surface area contributed by atoms with Crippen molar-refractivity contribution in [2.45, 2.75) is 16.8 Å². The van der Waals surface area contributed by atoms with Crippen LogP contribution in [0.4, 0.5) is 0 Å². The van der Waals surface area contributed by atoms with Gasteiger partial charge in [0.2, 0.25) is 0 Å². The van der Waals surface area contributed by atoms with Crippen LogP contribution in [0.1, 0.15) is 15.9 Å². The highest BCUT2D eigenvalue weighted by molar-refractivity contribution is 8.00. The molecule has 148 valence electrons. The molecule has 5 rings (SSSR count). The molecule has 0 aliphatic carbocycles. The van der Waals surface area contributed by atoms with Crippen molar-refractivity contribution in [2.75, 3.05) is 7.11 Å². The molecule has 0 saturated carbocycles. The van der Waals surface area contributed by atoms with E-state index in [2.05, 4.69) is 24.3 Å². The third-order valence-corrected chi connectivity index (χ3v) is 6.94. The number of thioether (sulfide) groups is 1.